The van der Waals surface area contributed by atoms with Crippen molar-refractivity contribution in [1.29, 1.82) is 0 Å². The maximum Gasteiger partial charge on any atom is 0.310 e. The summed E-state index contributed by atoms with van der Waals surface area (Å²) in [6.07, 6.45) is 3.55. The van der Waals surface area contributed by atoms with Gasteiger partial charge in [0.05, 0.1) is 19.1 Å². The van der Waals surface area contributed by atoms with E-state index in [2.05, 4.69) is 10.3 Å². The van der Waals surface area contributed by atoms with E-state index in [9.17, 15) is 4.79 Å². The zero-order valence-corrected chi connectivity index (χ0v) is 15.7. The number of pyridine rings is 1. The standard InChI is InChI=1S/C21H26N2O3/c1-4-25-21(24)12-15-8-10-16(11-9-15)22-19-13-20(26-14(2)3)23-18-7-5-6-17(18)19/h8-11,13-14H,4-7,12H2,1-3H3,(H,22,23). The molecule has 1 N–H and O–H groups in total. The van der Waals surface area contributed by atoms with Gasteiger partial charge in [0.15, 0.2) is 0 Å². The van der Waals surface area contributed by atoms with Crippen molar-refractivity contribution in [3.05, 3.63) is 47.2 Å². The van der Waals surface area contributed by atoms with E-state index in [1.165, 1.54) is 5.56 Å². The number of hydrogen-bond donors (Lipinski definition) is 1. The van der Waals surface area contributed by atoms with Crippen LogP contribution in [-0.2, 0) is 28.8 Å². The number of fused-ring (bicyclic) bond motifs is 1. The lowest BCUT2D eigenvalue weighted by molar-refractivity contribution is -0.142. The molecular formula is C21H26N2O3. The average Bonchev–Trinajstić information content (AvgIpc) is 3.05. The highest BCUT2D eigenvalue weighted by atomic mass is 16.5. The molecule has 0 unspecified atom stereocenters. The molecule has 0 saturated heterocycles. The van der Waals surface area contributed by atoms with Crippen molar-refractivity contribution >= 4 is 17.3 Å². The topological polar surface area (TPSA) is 60.5 Å². The van der Waals surface area contributed by atoms with Gasteiger partial charge in [0.25, 0.3) is 0 Å². The fraction of sp³-hybridized carbons (Fsp3) is 0.429. The highest BCUT2D eigenvalue weighted by Crippen LogP contribution is 2.33. The number of nitrogens with one attached hydrogen (secondary N) is 1. The fourth-order valence-corrected chi connectivity index (χ4v) is 3.17. The molecular weight excluding hydrogens is 328 g/mol. The minimum atomic E-state index is -0.198. The summed E-state index contributed by atoms with van der Waals surface area (Å²) < 4.78 is 10.8. The second-order valence-corrected chi connectivity index (χ2v) is 6.76. The quantitative estimate of drug-likeness (QED) is 0.755. The van der Waals surface area contributed by atoms with Crippen molar-refractivity contribution in [2.24, 2.45) is 0 Å². The lowest BCUT2D eigenvalue weighted by Crippen LogP contribution is -2.09. The smallest absolute Gasteiger partial charge is 0.310 e. The second-order valence-electron chi connectivity index (χ2n) is 6.76. The summed E-state index contributed by atoms with van der Waals surface area (Å²) in [4.78, 5) is 16.2. The van der Waals surface area contributed by atoms with Gasteiger partial charge in [-0.15, -0.1) is 0 Å². The lowest BCUT2D eigenvalue weighted by Gasteiger charge is -2.15. The Morgan fingerprint density at radius 3 is 2.69 bits per heavy atom. The highest BCUT2D eigenvalue weighted by Gasteiger charge is 2.19. The molecule has 0 saturated carbocycles. The third-order valence-corrected chi connectivity index (χ3v) is 4.27. The number of aromatic nitrogens is 1. The number of carbonyl (C=O) groups excluding carboxylic acids is 1. The van der Waals surface area contributed by atoms with Crippen LogP contribution in [-0.4, -0.2) is 23.7 Å². The summed E-state index contributed by atoms with van der Waals surface area (Å²) in [5.41, 5.74) is 5.38. The van der Waals surface area contributed by atoms with Gasteiger partial charge in [-0.2, -0.15) is 0 Å². The predicted octanol–water partition coefficient (Wildman–Crippen LogP) is 4.21. The molecule has 0 aliphatic heterocycles. The molecule has 1 aliphatic rings. The Labute approximate surface area is 154 Å². The van der Waals surface area contributed by atoms with E-state index in [-0.39, 0.29) is 12.1 Å². The summed E-state index contributed by atoms with van der Waals surface area (Å²) in [6.45, 7) is 6.23. The maximum absolute atomic E-state index is 11.6. The Morgan fingerprint density at radius 1 is 1.23 bits per heavy atom. The van der Waals surface area contributed by atoms with Gasteiger partial charge in [-0.25, -0.2) is 4.98 Å². The van der Waals surface area contributed by atoms with Crippen molar-refractivity contribution in [2.45, 2.75) is 52.6 Å². The van der Waals surface area contributed by atoms with Crippen molar-refractivity contribution in [3.63, 3.8) is 0 Å². The molecule has 0 atom stereocenters. The molecule has 26 heavy (non-hydrogen) atoms. The summed E-state index contributed by atoms with van der Waals surface area (Å²) in [5, 5.41) is 3.49. The number of rotatable bonds is 7. The highest BCUT2D eigenvalue weighted by molar-refractivity contribution is 5.73. The van der Waals surface area contributed by atoms with E-state index in [1.807, 2.05) is 51.1 Å². The van der Waals surface area contributed by atoms with Crippen molar-refractivity contribution < 1.29 is 14.3 Å². The van der Waals surface area contributed by atoms with Gasteiger partial charge in [-0.05, 0) is 63.3 Å². The molecule has 2 aromatic rings. The minimum absolute atomic E-state index is 0.0944. The summed E-state index contributed by atoms with van der Waals surface area (Å²) in [6, 6.07) is 9.85. The summed E-state index contributed by atoms with van der Waals surface area (Å²) in [7, 11) is 0. The van der Waals surface area contributed by atoms with Crippen LogP contribution in [0.3, 0.4) is 0 Å². The van der Waals surface area contributed by atoms with Gasteiger partial charge < -0.3 is 14.8 Å². The first-order valence-corrected chi connectivity index (χ1v) is 9.26. The predicted molar refractivity (Wildman–Crippen MR) is 102 cm³/mol. The van der Waals surface area contributed by atoms with Crippen LogP contribution in [0, 0.1) is 0 Å². The first-order valence-electron chi connectivity index (χ1n) is 9.26. The Morgan fingerprint density at radius 2 is 2.00 bits per heavy atom. The minimum Gasteiger partial charge on any atom is -0.475 e. The van der Waals surface area contributed by atoms with Crippen LogP contribution in [0.25, 0.3) is 0 Å². The van der Waals surface area contributed by atoms with Crippen molar-refractivity contribution in [3.8, 4) is 5.88 Å². The Kier molecular flexibility index (Phi) is 5.76. The molecule has 0 fully saturated rings. The number of aryl methyl sites for hydroxylation is 1. The lowest BCUT2D eigenvalue weighted by atomic mass is 10.1. The average molecular weight is 354 g/mol. The number of hydrogen-bond acceptors (Lipinski definition) is 5. The molecule has 5 heteroatoms. The molecule has 0 spiro atoms. The molecule has 1 heterocycles. The third kappa shape index (κ3) is 4.54. The van der Waals surface area contributed by atoms with E-state index in [0.29, 0.717) is 18.9 Å². The molecule has 0 amide bonds. The molecule has 5 nitrogen and oxygen atoms in total. The van der Waals surface area contributed by atoms with Gasteiger partial charge in [-0.3, -0.25) is 4.79 Å². The van der Waals surface area contributed by atoms with Gasteiger partial charge in [0.2, 0.25) is 5.88 Å². The van der Waals surface area contributed by atoms with Crippen molar-refractivity contribution in [1.82, 2.24) is 4.98 Å². The normalized spacial score (nSPS) is 12.8. The molecule has 0 radical (unpaired) electrons. The Bertz CT molecular complexity index is 770. The van der Waals surface area contributed by atoms with E-state index < -0.39 is 0 Å². The SMILES string of the molecule is CCOC(=O)Cc1ccc(Nc2cc(OC(C)C)nc3c2CCC3)cc1. The monoisotopic (exact) mass is 354 g/mol. The van der Waals surface area contributed by atoms with Gasteiger partial charge in [0.1, 0.15) is 0 Å². The van der Waals surface area contributed by atoms with Gasteiger partial charge in [-0.1, -0.05) is 12.1 Å². The maximum atomic E-state index is 11.6. The molecule has 1 aromatic heterocycles. The van der Waals surface area contributed by atoms with E-state index in [0.717, 1.165) is 41.9 Å². The number of ether oxygens (including phenoxy) is 2. The summed E-state index contributed by atoms with van der Waals surface area (Å²) in [5.74, 6) is 0.470. The van der Waals surface area contributed by atoms with Crippen LogP contribution in [0.4, 0.5) is 11.4 Å². The number of nitrogens with zero attached hydrogens (tertiary/aromatic N) is 1. The van der Waals surface area contributed by atoms with E-state index >= 15 is 0 Å². The number of esters is 1. The van der Waals surface area contributed by atoms with Crippen LogP contribution >= 0.6 is 0 Å². The summed E-state index contributed by atoms with van der Waals surface area (Å²) >= 11 is 0. The molecule has 1 aliphatic carbocycles. The second kappa shape index (κ2) is 8.21. The fourth-order valence-electron chi connectivity index (χ4n) is 3.17. The van der Waals surface area contributed by atoms with Crippen LogP contribution in [0.1, 0.15) is 44.0 Å². The van der Waals surface area contributed by atoms with Crippen LogP contribution in [0.5, 0.6) is 5.88 Å². The number of carbonyl (C=O) groups is 1. The Hall–Kier alpha value is -2.56. The number of benzene rings is 1. The van der Waals surface area contributed by atoms with E-state index in [4.69, 9.17) is 9.47 Å². The van der Waals surface area contributed by atoms with Crippen LogP contribution < -0.4 is 10.1 Å². The first kappa shape index (κ1) is 18.2. The first-order chi connectivity index (χ1) is 12.5. The molecule has 0 bridgehead atoms. The molecule has 138 valence electrons. The van der Waals surface area contributed by atoms with Gasteiger partial charge in [0, 0.05) is 23.1 Å². The number of anilines is 2. The molecule has 1 aromatic carbocycles. The van der Waals surface area contributed by atoms with Gasteiger partial charge >= 0.3 is 5.97 Å². The van der Waals surface area contributed by atoms with Crippen molar-refractivity contribution in [2.75, 3.05) is 11.9 Å². The zero-order valence-electron chi connectivity index (χ0n) is 15.7. The Balaban J connectivity index is 1.76. The third-order valence-electron chi connectivity index (χ3n) is 4.27. The largest absolute Gasteiger partial charge is 0.475 e. The zero-order chi connectivity index (χ0) is 18.5. The van der Waals surface area contributed by atoms with E-state index in [1.54, 1.807) is 0 Å². The molecule has 3 rings (SSSR count). The van der Waals surface area contributed by atoms with Crippen LogP contribution in [0.2, 0.25) is 0 Å². The van der Waals surface area contributed by atoms with Crippen LogP contribution in [0.15, 0.2) is 30.3 Å².